The summed E-state index contributed by atoms with van der Waals surface area (Å²) in [4.78, 5) is 0. The molecule has 0 aliphatic rings. The Morgan fingerprint density at radius 3 is 1.44 bits per heavy atom. The van der Waals surface area contributed by atoms with E-state index in [0.29, 0.717) is 11.7 Å². The van der Waals surface area contributed by atoms with Crippen molar-refractivity contribution in [2.24, 2.45) is 0 Å². The largest absolute Gasteiger partial charge is 0.507 e. The summed E-state index contributed by atoms with van der Waals surface area (Å²) in [5.74, 6) is 0.961. The molecular formula is C15H28O. The van der Waals surface area contributed by atoms with Crippen LogP contribution in [0.25, 0.3) is 0 Å². The van der Waals surface area contributed by atoms with Crippen LogP contribution < -0.4 is 0 Å². The number of hydrogen-bond acceptors (Lipinski definition) is 1. The average molecular weight is 224 g/mol. The zero-order valence-corrected chi connectivity index (χ0v) is 12.2. The van der Waals surface area contributed by atoms with Gasteiger partial charge in [-0.1, -0.05) is 53.7 Å². The first kappa shape index (κ1) is 17.4. The molecule has 0 unspecified atom stereocenters. The van der Waals surface area contributed by atoms with Crippen LogP contribution in [0.1, 0.15) is 64.2 Å². The SMILES string of the molecule is CC.CC.Cc1cc(C(C)C)cc(C)c1O. The summed E-state index contributed by atoms with van der Waals surface area (Å²) in [5, 5.41) is 9.51. The molecule has 0 saturated carbocycles. The second-order valence-electron chi connectivity index (χ2n) is 3.66. The third kappa shape index (κ3) is 5.20. The smallest absolute Gasteiger partial charge is 0.121 e. The third-order valence-corrected chi connectivity index (χ3v) is 2.18. The summed E-state index contributed by atoms with van der Waals surface area (Å²) < 4.78 is 0. The molecule has 1 N–H and O–H groups in total. The van der Waals surface area contributed by atoms with E-state index >= 15 is 0 Å². The van der Waals surface area contributed by atoms with Crippen LogP contribution in [0.2, 0.25) is 0 Å². The molecule has 1 heteroatoms. The minimum absolute atomic E-state index is 0.430. The zero-order valence-electron chi connectivity index (χ0n) is 12.2. The number of hydrogen-bond donors (Lipinski definition) is 1. The van der Waals surface area contributed by atoms with Crippen LogP contribution in [0, 0.1) is 13.8 Å². The van der Waals surface area contributed by atoms with E-state index in [9.17, 15) is 5.11 Å². The number of benzene rings is 1. The lowest BCUT2D eigenvalue weighted by atomic mass is 9.98. The maximum absolute atomic E-state index is 9.51. The van der Waals surface area contributed by atoms with Crippen molar-refractivity contribution in [3.63, 3.8) is 0 Å². The van der Waals surface area contributed by atoms with Crippen molar-refractivity contribution in [1.82, 2.24) is 0 Å². The average Bonchev–Trinajstić information content (AvgIpc) is 2.30. The Morgan fingerprint density at radius 2 is 1.19 bits per heavy atom. The van der Waals surface area contributed by atoms with Gasteiger partial charge in [-0.15, -0.1) is 0 Å². The Morgan fingerprint density at radius 1 is 0.875 bits per heavy atom. The van der Waals surface area contributed by atoms with Crippen LogP contribution in [-0.4, -0.2) is 5.11 Å². The van der Waals surface area contributed by atoms with Gasteiger partial charge in [0.15, 0.2) is 0 Å². The van der Waals surface area contributed by atoms with Gasteiger partial charge in [0, 0.05) is 0 Å². The van der Waals surface area contributed by atoms with Gasteiger partial charge in [0.1, 0.15) is 5.75 Å². The normalized spacial score (nSPS) is 8.81. The summed E-state index contributed by atoms with van der Waals surface area (Å²) in [6, 6.07) is 4.10. The van der Waals surface area contributed by atoms with Gasteiger partial charge >= 0.3 is 0 Å². The van der Waals surface area contributed by atoms with Gasteiger partial charge in [-0.25, -0.2) is 0 Å². The Kier molecular flexibility index (Phi) is 10.1. The fourth-order valence-electron chi connectivity index (χ4n) is 1.32. The van der Waals surface area contributed by atoms with E-state index in [-0.39, 0.29) is 0 Å². The molecule has 0 fully saturated rings. The van der Waals surface area contributed by atoms with Crippen molar-refractivity contribution in [2.45, 2.75) is 61.3 Å². The van der Waals surface area contributed by atoms with E-state index in [1.807, 2.05) is 53.7 Å². The maximum atomic E-state index is 9.51. The number of aromatic hydroxyl groups is 1. The van der Waals surface area contributed by atoms with Gasteiger partial charge in [0.2, 0.25) is 0 Å². The Labute approximate surface area is 102 Å². The summed E-state index contributed by atoms with van der Waals surface area (Å²) in [7, 11) is 0. The highest BCUT2D eigenvalue weighted by Crippen LogP contribution is 2.26. The maximum Gasteiger partial charge on any atom is 0.121 e. The van der Waals surface area contributed by atoms with Gasteiger partial charge in [-0.2, -0.15) is 0 Å². The van der Waals surface area contributed by atoms with Crippen molar-refractivity contribution in [3.8, 4) is 5.75 Å². The van der Waals surface area contributed by atoms with E-state index in [1.54, 1.807) is 0 Å². The van der Waals surface area contributed by atoms with Crippen molar-refractivity contribution in [2.75, 3.05) is 0 Å². The number of phenols is 1. The molecule has 1 aromatic rings. The standard InChI is InChI=1S/C11H16O.2C2H6/c1-7(2)10-5-8(3)11(12)9(4)6-10;2*1-2/h5-7,12H,1-4H3;2*1-2H3. The first-order chi connectivity index (χ1) is 7.52. The first-order valence-electron chi connectivity index (χ1n) is 6.32. The molecule has 0 aliphatic carbocycles. The number of aryl methyl sites for hydroxylation is 2. The number of phenolic OH excluding ortho intramolecular Hbond substituents is 1. The van der Waals surface area contributed by atoms with E-state index < -0.39 is 0 Å². The van der Waals surface area contributed by atoms with Gasteiger partial charge in [-0.05, 0) is 36.5 Å². The van der Waals surface area contributed by atoms with Crippen molar-refractivity contribution in [3.05, 3.63) is 28.8 Å². The molecule has 0 bridgehead atoms. The summed E-state index contributed by atoms with van der Waals surface area (Å²) in [5.41, 5.74) is 3.24. The molecule has 0 radical (unpaired) electrons. The molecule has 0 aromatic heterocycles. The molecule has 0 atom stereocenters. The van der Waals surface area contributed by atoms with Crippen LogP contribution in [0.3, 0.4) is 0 Å². The van der Waals surface area contributed by atoms with Gasteiger partial charge in [0.25, 0.3) is 0 Å². The van der Waals surface area contributed by atoms with Crippen LogP contribution in [-0.2, 0) is 0 Å². The quantitative estimate of drug-likeness (QED) is 0.696. The minimum atomic E-state index is 0.430. The molecule has 1 aromatic carbocycles. The monoisotopic (exact) mass is 224 g/mol. The highest BCUT2D eigenvalue weighted by Gasteiger charge is 2.05. The summed E-state index contributed by atoms with van der Waals surface area (Å²) in [6.07, 6.45) is 0. The Bertz CT molecular complexity index is 264. The van der Waals surface area contributed by atoms with Crippen LogP contribution in [0.15, 0.2) is 12.1 Å². The minimum Gasteiger partial charge on any atom is -0.507 e. The molecule has 0 aliphatic heterocycles. The predicted molar refractivity (Wildman–Crippen MR) is 74.4 cm³/mol. The van der Waals surface area contributed by atoms with Crippen LogP contribution in [0.4, 0.5) is 0 Å². The lowest BCUT2D eigenvalue weighted by Gasteiger charge is -2.10. The molecule has 0 heterocycles. The predicted octanol–water partition coefficient (Wildman–Crippen LogP) is 5.18. The van der Waals surface area contributed by atoms with Crippen LogP contribution >= 0.6 is 0 Å². The van der Waals surface area contributed by atoms with E-state index in [2.05, 4.69) is 13.8 Å². The second kappa shape index (κ2) is 9.26. The molecular weight excluding hydrogens is 196 g/mol. The summed E-state index contributed by atoms with van der Waals surface area (Å²) in [6.45, 7) is 16.2. The Balaban J connectivity index is 0. The number of rotatable bonds is 1. The lowest BCUT2D eigenvalue weighted by Crippen LogP contribution is -1.90. The third-order valence-electron chi connectivity index (χ3n) is 2.18. The van der Waals surface area contributed by atoms with E-state index in [1.165, 1.54) is 5.56 Å². The van der Waals surface area contributed by atoms with Crippen molar-refractivity contribution in [1.29, 1.82) is 0 Å². The fourth-order valence-corrected chi connectivity index (χ4v) is 1.32. The fraction of sp³-hybridized carbons (Fsp3) is 0.600. The second-order valence-corrected chi connectivity index (χ2v) is 3.66. The van der Waals surface area contributed by atoms with E-state index in [4.69, 9.17) is 0 Å². The van der Waals surface area contributed by atoms with Gasteiger partial charge < -0.3 is 5.11 Å². The lowest BCUT2D eigenvalue weighted by molar-refractivity contribution is 0.466. The molecule has 94 valence electrons. The Hall–Kier alpha value is -0.980. The highest BCUT2D eigenvalue weighted by molar-refractivity contribution is 5.42. The molecule has 0 saturated heterocycles. The first-order valence-corrected chi connectivity index (χ1v) is 6.32. The molecule has 0 amide bonds. The van der Waals surface area contributed by atoms with Gasteiger partial charge in [0.05, 0.1) is 0 Å². The zero-order chi connectivity index (χ0) is 13.3. The molecule has 1 rings (SSSR count). The molecule has 1 nitrogen and oxygen atoms in total. The van der Waals surface area contributed by atoms with E-state index in [0.717, 1.165) is 11.1 Å². The highest BCUT2D eigenvalue weighted by atomic mass is 16.3. The van der Waals surface area contributed by atoms with Gasteiger partial charge in [-0.3, -0.25) is 0 Å². The van der Waals surface area contributed by atoms with Crippen LogP contribution in [0.5, 0.6) is 5.75 Å². The molecule has 16 heavy (non-hydrogen) atoms. The topological polar surface area (TPSA) is 20.2 Å². The van der Waals surface area contributed by atoms with Crippen molar-refractivity contribution >= 4 is 0 Å². The van der Waals surface area contributed by atoms with Crippen molar-refractivity contribution < 1.29 is 5.11 Å². The molecule has 0 spiro atoms. The summed E-state index contributed by atoms with van der Waals surface area (Å²) >= 11 is 0.